The molecule has 1 saturated heterocycles. The molecule has 1 aliphatic rings. The summed E-state index contributed by atoms with van der Waals surface area (Å²) in [5.74, 6) is 2.95. The molecule has 0 spiro atoms. The third-order valence-corrected chi connectivity index (χ3v) is 4.43. The number of nitrogens with zero attached hydrogens (tertiary/aromatic N) is 1. The molecule has 1 aromatic rings. The molecule has 0 bridgehead atoms. The summed E-state index contributed by atoms with van der Waals surface area (Å²) in [4.78, 5) is 2.59. The molecule has 1 aliphatic heterocycles. The van der Waals surface area contributed by atoms with E-state index in [1.807, 2.05) is 6.92 Å². The van der Waals surface area contributed by atoms with Crippen LogP contribution in [0.2, 0.25) is 0 Å². The first-order valence-electron chi connectivity index (χ1n) is 7.63. The summed E-state index contributed by atoms with van der Waals surface area (Å²) in [6, 6.07) is 2.66. The van der Waals surface area contributed by atoms with E-state index in [2.05, 4.69) is 37.1 Å². The van der Waals surface area contributed by atoms with Crippen molar-refractivity contribution in [1.82, 2.24) is 10.2 Å². The van der Waals surface area contributed by atoms with E-state index >= 15 is 0 Å². The lowest BCUT2D eigenvalue weighted by molar-refractivity contribution is 0.167. The van der Waals surface area contributed by atoms with Crippen LogP contribution in [0.4, 0.5) is 0 Å². The smallest absolute Gasteiger partial charge is 0.105 e. The molecule has 3 heteroatoms. The number of hydrogen-bond acceptors (Lipinski definition) is 3. The number of piperidine rings is 1. The van der Waals surface area contributed by atoms with Crippen LogP contribution in [0.1, 0.15) is 49.8 Å². The Morgan fingerprint density at radius 3 is 2.58 bits per heavy atom. The van der Waals surface area contributed by atoms with E-state index in [9.17, 15) is 0 Å². The van der Waals surface area contributed by atoms with Gasteiger partial charge in [-0.15, -0.1) is 0 Å². The standard InChI is InChI=1S/C16H28N2O/c1-5-18(11-15-6-8-17-9-7-15)13(3)16-10-12(2)19-14(16)4/h10,13,15,17H,5-9,11H2,1-4H3. The largest absolute Gasteiger partial charge is 0.466 e. The van der Waals surface area contributed by atoms with Gasteiger partial charge < -0.3 is 9.73 Å². The minimum atomic E-state index is 0.456. The molecule has 2 heterocycles. The topological polar surface area (TPSA) is 28.4 Å². The molecule has 1 fully saturated rings. The second kappa shape index (κ2) is 6.58. The lowest BCUT2D eigenvalue weighted by Crippen LogP contribution is -2.37. The number of rotatable bonds is 5. The summed E-state index contributed by atoms with van der Waals surface area (Å²) in [6.45, 7) is 13.4. The van der Waals surface area contributed by atoms with Crippen LogP contribution in [0.15, 0.2) is 10.5 Å². The molecule has 3 nitrogen and oxygen atoms in total. The van der Waals surface area contributed by atoms with E-state index < -0.39 is 0 Å². The molecule has 0 radical (unpaired) electrons. The van der Waals surface area contributed by atoms with Crippen LogP contribution in [-0.4, -0.2) is 31.1 Å². The molecule has 0 amide bonds. The van der Waals surface area contributed by atoms with Crippen molar-refractivity contribution in [2.75, 3.05) is 26.2 Å². The highest BCUT2D eigenvalue weighted by molar-refractivity contribution is 5.23. The number of aryl methyl sites for hydroxylation is 2. The SMILES string of the molecule is CCN(CC1CCNCC1)C(C)c1cc(C)oc1C. The van der Waals surface area contributed by atoms with Crippen molar-refractivity contribution >= 4 is 0 Å². The first-order chi connectivity index (χ1) is 9.11. The van der Waals surface area contributed by atoms with Crippen LogP contribution in [0.3, 0.4) is 0 Å². The zero-order valence-corrected chi connectivity index (χ0v) is 12.8. The van der Waals surface area contributed by atoms with Gasteiger partial charge in [0.15, 0.2) is 0 Å². The highest BCUT2D eigenvalue weighted by Gasteiger charge is 2.22. The van der Waals surface area contributed by atoms with Crippen molar-refractivity contribution in [3.05, 3.63) is 23.2 Å². The maximum Gasteiger partial charge on any atom is 0.105 e. The quantitative estimate of drug-likeness (QED) is 0.884. The van der Waals surface area contributed by atoms with Crippen LogP contribution in [0.25, 0.3) is 0 Å². The van der Waals surface area contributed by atoms with Crippen LogP contribution in [-0.2, 0) is 0 Å². The maximum absolute atomic E-state index is 5.68. The average Bonchev–Trinajstić information content (AvgIpc) is 2.75. The Hall–Kier alpha value is -0.800. The first kappa shape index (κ1) is 14.6. The Balaban J connectivity index is 2.01. The minimum absolute atomic E-state index is 0.456. The molecule has 2 rings (SSSR count). The van der Waals surface area contributed by atoms with Gasteiger partial charge in [-0.05, 0) is 65.2 Å². The summed E-state index contributed by atoms with van der Waals surface area (Å²) in [5, 5.41) is 3.45. The van der Waals surface area contributed by atoms with Gasteiger partial charge in [-0.25, -0.2) is 0 Å². The predicted octanol–water partition coefficient (Wildman–Crippen LogP) is 3.28. The molecule has 19 heavy (non-hydrogen) atoms. The summed E-state index contributed by atoms with van der Waals surface area (Å²) in [5.41, 5.74) is 1.35. The van der Waals surface area contributed by atoms with E-state index in [1.54, 1.807) is 0 Å². The first-order valence-corrected chi connectivity index (χ1v) is 7.63. The fourth-order valence-corrected chi connectivity index (χ4v) is 3.22. The Morgan fingerprint density at radius 1 is 1.37 bits per heavy atom. The molecule has 0 aromatic carbocycles. The van der Waals surface area contributed by atoms with Crippen LogP contribution >= 0.6 is 0 Å². The van der Waals surface area contributed by atoms with Gasteiger partial charge in [-0.1, -0.05) is 6.92 Å². The van der Waals surface area contributed by atoms with Crippen LogP contribution in [0, 0.1) is 19.8 Å². The molecule has 1 aromatic heterocycles. The zero-order chi connectivity index (χ0) is 13.8. The Labute approximate surface area is 117 Å². The molecule has 1 N–H and O–H groups in total. The van der Waals surface area contributed by atoms with Crippen molar-refractivity contribution in [2.45, 2.75) is 46.6 Å². The number of hydrogen-bond donors (Lipinski definition) is 1. The number of nitrogens with one attached hydrogen (secondary N) is 1. The van der Waals surface area contributed by atoms with E-state index in [-0.39, 0.29) is 0 Å². The molecular formula is C16H28N2O. The molecule has 1 unspecified atom stereocenters. The number of furan rings is 1. The van der Waals surface area contributed by atoms with Crippen LogP contribution in [0.5, 0.6) is 0 Å². The highest BCUT2D eigenvalue weighted by atomic mass is 16.3. The monoisotopic (exact) mass is 264 g/mol. The fraction of sp³-hybridized carbons (Fsp3) is 0.750. The normalized spacial score (nSPS) is 19.0. The summed E-state index contributed by atoms with van der Waals surface area (Å²) in [6.07, 6.45) is 2.62. The third kappa shape index (κ3) is 3.61. The van der Waals surface area contributed by atoms with Gasteiger partial charge in [-0.2, -0.15) is 0 Å². The van der Waals surface area contributed by atoms with E-state index in [0.29, 0.717) is 6.04 Å². The summed E-state index contributed by atoms with van der Waals surface area (Å²) in [7, 11) is 0. The minimum Gasteiger partial charge on any atom is -0.466 e. The van der Waals surface area contributed by atoms with Gasteiger partial charge in [0.05, 0.1) is 0 Å². The molecule has 1 atom stereocenters. The van der Waals surface area contributed by atoms with Crippen molar-refractivity contribution in [3.8, 4) is 0 Å². The summed E-state index contributed by atoms with van der Waals surface area (Å²) >= 11 is 0. The lowest BCUT2D eigenvalue weighted by atomic mass is 9.96. The van der Waals surface area contributed by atoms with E-state index in [1.165, 1.54) is 38.0 Å². The van der Waals surface area contributed by atoms with Gasteiger partial charge in [0.25, 0.3) is 0 Å². The van der Waals surface area contributed by atoms with Crippen LogP contribution < -0.4 is 5.32 Å². The predicted molar refractivity (Wildman–Crippen MR) is 79.4 cm³/mol. The van der Waals surface area contributed by atoms with E-state index in [0.717, 1.165) is 24.0 Å². The second-order valence-electron chi connectivity index (χ2n) is 5.83. The second-order valence-corrected chi connectivity index (χ2v) is 5.83. The Kier molecular flexibility index (Phi) is 5.06. The van der Waals surface area contributed by atoms with Gasteiger partial charge in [0.2, 0.25) is 0 Å². The van der Waals surface area contributed by atoms with Crippen molar-refractivity contribution in [1.29, 1.82) is 0 Å². The Bertz CT molecular complexity index is 393. The van der Waals surface area contributed by atoms with Crippen molar-refractivity contribution in [2.24, 2.45) is 5.92 Å². The zero-order valence-electron chi connectivity index (χ0n) is 12.8. The van der Waals surface area contributed by atoms with Crippen molar-refractivity contribution < 1.29 is 4.42 Å². The molecule has 0 saturated carbocycles. The lowest BCUT2D eigenvalue weighted by Gasteiger charge is -2.33. The van der Waals surface area contributed by atoms with Gasteiger partial charge in [0.1, 0.15) is 11.5 Å². The van der Waals surface area contributed by atoms with Gasteiger partial charge in [-0.3, -0.25) is 4.90 Å². The van der Waals surface area contributed by atoms with Gasteiger partial charge >= 0.3 is 0 Å². The third-order valence-electron chi connectivity index (χ3n) is 4.43. The fourth-order valence-electron chi connectivity index (χ4n) is 3.22. The molecule has 0 aliphatic carbocycles. The highest BCUT2D eigenvalue weighted by Crippen LogP contribution is 2.27. The van der Waals surface area contributed by atoms with E-state index in [4.69, 9.17) is 4.42 Å². The molecular weight excluding hydrogens is 236 g/mol. The Morgan fingerprint density at radius 2 is 2.05 bits per heavy atom. The van der Waals surface area contributed by atoms with Crippen molar-refractivity contribution in [3.63, 3.8) is 0 Å². The average molecular weight is 264 g/mol. The van der Waals surface area contributed by atoms with Gasteiger partial charge in [0, 0.05) is 18.2 Å². The molecule has 108 valence electrons. The maximum atomic E-state index is 5.68. The summed E-state index contributed by atoms with van der Waals surface area (Å²) < 4.78 is 5.68.